The maximum Gasteiger partial charge on any atom is 0.335 e. The van der Waals surface area contributed by atoms with E-state index in [4.69, 9.17) is 21.4 Å². The molecule has 116 valence electrons. The van der Waals surface area contributed by atoms with E-state index >= 15 is 0 Å². The van der Waals surface area contributed by atoms with E-state index in [0.717, 1.165) is 23.3 Å². The van der Waals surface area contributed by atoms with Gasteiger partial charge in [-0.15, -0.1) is 0 Å². The van der Waals surface area contributed by atoms with Crippen LogP contribution in [0, 0.1) is 5.92 Å². The molecule has 2 aromatic carbocycles. The summed E-state index contributed by atoms with van der Waals surface area (Å²) in [4.78, 5) is 11.0. The second kappa shape index (κ2) is 7.32. The number of ether oxygens (including phenoxy) is 1. The molecule has 0 bridgehead atoms. The molecule has 0 unspecified atom stereocenters. The molecule has 1 N–H and O–H groups in total. The van der Waals surface area contributed by atoms with Crippen LogP contribution in [-0.4, -0.2) is 17.7 Å². The van der Waals surface area contributed by atoms with Gasteiger partial charge in [0.1, 0.15) is 5.75 Å². The molecule has 0 spiro atoms. The Morgan fingerprint density at radius 3 is 2.55 bits per heavy atom. The standard InChI is InChI=1S/C18H19ClO3/c1-12(2)9-10-22-17-6-4-3-5-15(17)14-8-7-13(18(20)21)11-16(14)19/h3-8,11-12H,9-10H2,1-2H3,(H,20,21). The zero-order chi connectivity index (χ0) is 16.1. The van der Waals surface area contributed by atoms with Gasteiger partial charge in [-0.2, -0.15) is 0 Å². The number of para-hydroxylation sites is 1. The first-order valence-corrected chi connectivity index (χ1v) is 7.62. The Hall–Kier alpha value is -2.00. The predicted octanol–water partition coefficient (Wildman–Crippen LogP) is 5.13. The predicted molar refractivity (Wildman–Crippen MR) is 88.8 cm³/mol. The molecule has 0 amide bonds. The lowest BCUT2D eigenvalue weighted by molar-refractivity contribution is 0.0697. The Balaban J connectivity index is 2.30. The number of aromatic carboxylic acids is 1. The minimum Gasteiger partial charge on any atom is -0.493 e. The van der Waals surface area contributed by atoms with E-state index < -0.39 is 5.97 Å². The number of benzene rings is 2. The second-order valence-corrected chi connectivity index (χ2v) is 5.93. The van der Waals surface area contributed by atoms with Gasteiger partial charge in [0.25, 0.3) is 0 Å². The quantitative estimate of drug-likeness (QED) is 0.803. The topological polar surface area (TPSA) is 46.5 Å². The number of carbonyl (C=O) groups is 1. The van der Waals surface area contributed by atoms with Crippen LogP contribution >= 0.6 is 11.6 Å². The SMILES string of the molecule is CC(C)CCOc1ccccc1-c1ccc(C(=O)O)cc1Cl. The first kappa shape index (κ1) is 16.4. The smallest absolute Gasteiger partial charge is 0.335 e. The minimum absolute atomic E-state index is 0.173. The molecule has 0 heterocycles. The molecule has 0 fully saturated rings. The summed E-state index contributed by atoms with van der Waals surface area (Å²) in [5.74, 6) is 0.341. The lowest BCUT2D eigenvalue weighted by Crippen LogP contribution is -2.02. The molecule has 0 radical (unpaired) electrons. The Kier molecular flexibility index (Phi) is 5.45. The summed E-state index contributed by atoms with van der Waals surface area (Å²) in [5.41, 5.74) is 1.81. The van der Waals surface area contributed by atoms with E-state index in [9.17, 15) is 4.79 Å². The molecule has 3 nitrogen and oxygen atoms in total. The van der Waals surface area contributed by atoms with Gasteiger partial charge in [0.05, 0.1) is 12.2 Å². The van der Waals surface area contributed by atoms with Gasteiger partial charge in [-0.3, -0.25) is 0 Å². The van der Waals surface area contributed by atoms with Crippen molar-refractivity contribution in [2.45, 2.75) is 20.3 Å². The fourth-order valence-electron chi connectivity index (χ4n) is 2.09. The van der Waals surface area contributed by atoms with Crippen molar-refractivity contribution in [1.82, 2.24) is 0 Å². The average Bonchev–Trinajstić information content (AvgIpc) is 2.47. The Labute approximate surface area is 135 Å². The molecule has 0 aromatic heterocycles. The van der Waals surface area contributed by atoms with Gasteiger partial charge in [0.15, 0.2) is 0 Å². The molecule has 0 aliphatic rings. The van der Waals surface area contributed by atoms with Gasteiger partial charge in [-0.25, -0.2) is 4.79 Å². The van der Waals surface area contributed by atoms with Crippen LogP contribution in [0.5, 0.6) is 5.75 Å². The summed E-state index contributed by atoms with van der Waals surface area (Å²) >= 11 is 6.25. The van der Waals surface area contributed by atoms with Crippen LogP contribution in [0.25, 0.3) is 11.1 Å². The van der Waals surface area contributed by atoms with Crippen LogP contribution in [0.3, 0.4) is 0 Å². The highest BCUT2D eigenvalue weighted by molar-refractivity contribution is 6.33. The van der Waals surface area contributed by atoms with Crippen LogP contribution in [0.4, 0.5) is 0 Å². The number of halogens is 1. The molecule has 0 atom stereocenters. The number of hydrogen-bond donors (Lipinski definition) is 1. The lowest BCUT2D eigenvalue weighted by atomic mass is 10.0. The third kappa shape index (κ3) is 4.01. The van der Waals surface area contributed by atoms with Crippen LogP contribution in [-0.2, 0) is 0 Å². The van der Waals surface area contributed by atoms with Gasteiger partial charge in [0, 0.05) is 16.1 Å². The largest absolute Gasteiger partial charge is 0.493 e. The molecule has 22 heavy (non-hydrogen) atoms. The number of hydrogen-bond acceptors (Lipinski definition) is 2. The first-order chi connectivity index (χ1) is 10.5. The van der Waals surface area contributed by atoms with E-state index in [-0.39, 0.29) is 5.56 Å². The van der Waals surface area contributed by atoms with E-state index in [1.807, 2.05) is 24.3 Å². The Morgan fingerprint density at radius 2 is 1.91 bits per heavy atom. The maximum absolute atomic E-state index is 11.0. The van der Waals surface area contributed by atoms with Gasteiger partial charge < -0.3 is 9.84 Å². The summed E-state index contributed by atoms with van der Waals surface area (Å²) in [6.45, 7) is 4.94. The highest BCUT2D eigenvalue weighted by Gasteiger charge is 2.12. The molecule has 0 saturated carbocycles. The molecule has 0 saturated heterocycles. The van der Waals surface area contributed by atoms with Gasteiger partial charge in [0.2, 0.25) is 0 Å². The summed E-state index contributed by atoms with van der Waals surface area (Å²) < 4.78 is 5.86. The highest BCUT2D eigenvalue weighted by Crippen LogP contribution is 2.35. The monoisotopic (exact) mass is 318 g/mol. The highest BCUT2D eigenvalue weighted by atomic mass is 35.5. The molecular weight excluding hydrogens is 300 g/mol. The zero-order valence-electron chi connectivity index (χ0n) is 12.7. The third-order valence-electron chi connectivity index (χ3n) is 3.35. The summed E-state index contributed by atoms with van der Waals surface area (Å²) in [6.07, 6.45) is 0.972. The van der Waals surface area contributed by atoms with Crippen LogP contribution in [0.15, 0.2) is 42.5 Å². The minimum atomic E-state index is -0.991. The summed E-state index contributed by atoms with van der Waals surface area (Å²) in [6, 6.07) is 12.4. The number of rotatable bonds is 6. The molecule has 2 aromatic rings. The number of carboxylic acid groups (broad SMARTS) is 1. The van der Waals surface area contributed by atoms with Crippen molar-refractivity contribution in [3.05, 3.63) is 53.1 Å². The first-order valence-electron chi connectivity index (χ1n) is 7.24. The van der Waals surface area contributed by atoms with Crippen LogP contribution in [0.2, 0.25) is 5.02 Å². The van der Waals surface area contributed by atoms with Crippen molar-refractivity contribution in [3.63, 3.8) is 0 Å². The van der Waals surface area contributed by atoms with Crippen molar-refractivity contribution in [2.75, 3.05) is 6.61 Å². The van der Waals surface area contributed by atoms with E-state index in [1.54, 1.807) is 12.1 Å². The van der Waals surface area contributed by atoms with Crippen molar-refractivity contribution >= 4 is 17.6 Å². The van der Waals surface area contributed by atoms with Crippen molar-refractivity contribution in [1.29, 1.82) is 0 Å². The fourth-order valence-corrected chi connectivity index (χ4v) is 2.37. The summed E-state index contributed by atoms with van der Waals surface area (Å²) in [7, 11) is 0. The zero-order valence-corrected chi connectivity index (χ0v) is 13.4. The Bertz CT molecular complexity index is 665. The van der Waals surface area contributed by atoms with Crippen molar-refractivity contribution in [2.24, 2.45) is 5.92 Å². The third-order valence-corrected chi connectivity index (χ3v) is 3.66. The van der Waals surface area contributed by atoms with E-state index in [0.29, 0.717) is 17.5 Å². The molecule has 2 rings (SSSR count). The molecule has 4 heteroatoms. The molecular formula is C18H19ClO3. The van der Waals surface area contributed by atoms with E-state index in [1.165, 1.54) is 6.07 Å². The Morgan fingerprint density at radius 1 is 1.18 bits per heavy atom. The average molecular weight is 319 g/mol. The summed E-state index contributed by atoms with van der Waals surface area (Å²) in [5, 5.41) is 9.41. The normalized spacial score (nSPS) is 10.7. The van der Waals surface area contributed by atoms with Gasteiger partial charge in [-0.05, 0) is 30.5 Å². The molecule has 0 aliphatic carbocycles. The van der Waals surface area contributed by atoms with Crippen LogP contribution < -0.4 is 4.74 Å². The second-order valence-electron chi connectivity index (χ2n) is 5.53. The van der Waals surface area contributed by atoms with Crippen molar-refractivity contribution < 1.29 is 14.6 Å². The fraction of sp³-hybridized carbons (Fsp3) is 0.278. The van der Waals surface area contributed by atoms with Gasteiger partial charge >= 0.3 is 5.97 Å². The maximum atomic E-state index is 11.0. The van der Waals surface area contributed by atoms with Crippen LogP contribution in [0.1, 0.15) is 30.6 Å². The lowest BCUT2D eigenvalue weighted by Gasteiger charge is -2.14. The van der Waals surface area contributed by atoms with Gasteiger partial charge in [-0.1, -0.05) is 49.7 Å². The van der Waals surface area contributed by atoms with Crippen molar-refractivity contribution in [3.8, 4) is 16.9 Å². The number of carboxylic acids is 1. The molecule has 0 aliphatic heterocycles. The van der Waals surface area contributed by atoms with E-state index in [2.05, 4.69) is 13.8 Å².